The van der Waals surface area contributed by atoms with Crippen LogP contribution in [0.4, 0.5) is 0 Å². The summed E-state index contributed by atoms with van der Waals surface area (Å²) in [6.07, 6.45) is 10.2. The summed E-state index contributed by atoms with van der Waals surface area (Å²) in [5, 5.41) is 9.49. The Morgan fingerprint density at radius 1 is 1.23 bits per heavy atom. The van der Waals surface area contributed by atoms with Crippen LogP contribution in [0.1, 0.15) is 33.7 Å². The molecule has 0 fully saturated rings. The van der Waals surface area contributed by atoms with E-state index in [1.165, 1.54) is 11.1 Å². The van der Waals surface area contributed by atoms with Gasteiger partial charge in [-0.05, 0) is 36.0 Å². The fourth-order valence-electron chi connectivity index (χ4n) is 2.83. The van der Waals surface area contributed by atoms with E-state index in [1.54, 1.807) is 12.4 Å². The molecule has 0 aromatic carbocycles. The number of hydrogen-bond donors (Lipinski definition) is 2. The van der Waals surface area contributed by atoms with E-state index in [1.807, 2.05) is 12.4 Å². The molecule has 3 heterocycles. The first kappa shape index (κ1) is 12.9. The molecular weight excluding hydrogens is 280 g/mol. The second kappa shape index (κ2) is 5.18. The van der Waals surface area contributed by atoms with Crippen molar-refractivity contribution < 1.29 is 4.79 Å². The zero-order chi connectivity index (χ0) is 14.9. The lowest BCUT2D eigenvalue weighted by molar-refractivity contribution is 0.0941. The van der Waals surface area contributed by atoms with Crippen LogP contribution in [-0.2, 0) is 19.4 Å². The first-order valence-corrected chi connectivity index (χ1v) is 7.20. The second-order valence-electron chi connectivity index (χ2n) is 5.34. The Kier molecular flexibility index (Phi) is 3.03. The molecule has 0 bridgehead atoms. The molecule has 0 aliphatic heterocycles. The molecule has 0 saturated carbocycles. The van der Waals surface area contributed by atoms with E-state index in [0.29, 0.717) is 17.6 Å². The maximum atomic E-state index is 12.2. The lowest BCUT2D eigenvalue weighted by atomic mass is 10.1. The van der Waals surface area contributed by atoms with E-state index in [4.69, 9.17) is 0 Å². The molecule has 0 atom stereocenters. The van der Waals surface area contributed by atoms with Crippen molar-refractivity contribution in [3.8, 4) is 0 Å². The van der Waals surface area contributed by atoms with Crippen LogP contribution in [0.25, 0.3) is 11.0 Å². The van der Waals surface area contributed by atoms with Gasteiger partial charge in [0.25, 0.3) is 5.91 Å². The average Bonchev–Trinajstić information content (AvgIpc) is 3.20. The Labute approximate surface area is 126 Å². The zero-order valence-corrected chi connectivity index (χ0v) is 11.8. The summed E-state index contributed by atoms with van der Waals surface area (Å²) in [6.45, 7) is 0.446. The number of carbonyl (C=O) groups excluding carboxylic acids is 1. The maximum absolute atomic E-state index is 12.2. The highest BCUT2D eigenvalue weighted by Crippen LogP contribution is 2.24. The number of aromatic amines is 1. The first-order chi connectivity index (χ1) is 10.8. The fraction of sp³-hybridized carbons (Fsp3) is 0.267. The molecule has 3 aromatic heterocycles. The van der Waals surface area contributed by atoms with E-state index in [9.17, 15) is 4.79 Å². The molecule has 1 aliphatic carbocycles. The number of fused-ring (bicyclic) bond motifs is 2. The summed E-state index contributed by atoms with van der Waals surface area (Å²) >= 11 is 0. The minimum Gasteiger partial charge on any atom is -0.345 e. The highest BCUT2D eigenvalue weighted by molar-refractivity contribution is 5.92. The van der Waals surface area contributed by atoms with Crippen molar-refractivity contribution >= 4 is 16.9 Å². The minimum absolute atomic E-state index is 0.148. The summed E-state index contributed by atoms with van der Waals surface area (Å²) in [4.78, 5) is 24.7. The summed E-state index contributed by atoms with van der Waals surface area (Å²) in [6, 6.07) is 0. The molecule has 7 nitrogen and oxygen atoms in total. The van der Waals surface area contributed by atoms with Crippen LogP contribution in [0.3, 0.4) is 0 Å². The number of nitrogens with zero attached hydrogens (tertiary/aromatic N) is 4. The van der Waals surface area contributed by atoms with E-state index in [2.05, 4.69) is 30.5 Å². The van der Waals surface area contributed by atoms with Gasteiger partial charge in [-0.15, -0.1) is 0 Å². The van der Waals surface area contributed by atoms with Crippen molar-refractivity contribution in [3.63, 3.8) is 0 Å². The van der Waals surface area contributed by atoms with Crippen LogP contribution in [0.2, 0.25) is 0 Å². The Bertz CT molecular complexity index is 856. The van der Waals surface area contributed by atoms with Crippen LogP contribution in [0.5, 0.6) is 0 Å². The topological polar surface area (TPSA) is 96.5 Å². The predicted molar refractivity (Wildman–Crippen MR) is 79.1 cm³/mol. The van der Waals surface area contributed by atoms with Crippen molar-refractivity contribution in [1.29, 1.82) is 0 Å². The molecule has 2 N–H and O–H groups in total. The molecule has 1 aliphatic rings. The first-order valence-electron chi connectivity index (χ1n) is 7.20. The number of amides is 1. The molecule has 3 aromatic rings. The van der Waals surface area contributed by atoms with Gasteiger partial charge in [-0.3, -0.25) is 14.9 Å². The zero-order valence-electron chi connectivity index (χ0n) is 11.8. The van der Waals surface area contributed by atoms with Crippen LogP contribution in [-0.4, -0.2) is 31.1 Å². The van der Waals surface area contributed by atoms with Gasteiger partial charge in [0.15, 0.2) is 0 Å². The number of hydrogen-bond acceptors (Lipinski definition) is 5. The number of nitrogens with one attached hydrogen (secondary N) is 2. The third kappa shape index (κ3) is 2.20. The Morgan fingerprint density at radius 2 is 2.18 bits per heavy atom. The monoisotopic (exact) mass is 294 g/mol. The minimum atomic E-state index is -0.293. The molecule has 22 heavy (non-hydrogen) atoms. The van der Waals surface area contributed by atoms with Crippen molar-refractivity contribution in [2.75, 3.05) is 0 Å². The Hall–Kier alpha value is -2.83. The SMILES string of the molecule is O=C(NCc1cncc2c1CCC2)c1ncc2[nH]ncc2n1. The summed E-state index contributed by atoms with van der Waals surface area (Å²) in [5.41, 5.74) is 5.03. The lowest BCUT2D eigenvalue weighted by Crippen LogP contribution is -2.25. The van der Waals surface area contributed by atoms with Crippen molar-refractivity contribution in [2.24, 2.45) is 0 Å². The van der Waals surface area contributed by atoms with Gasteiger partial charge in [0.1, 0.15) is 11.0 Å². The quantitative estimate of drug-likeness (QED) is 0.755. The number of aromatic nitrogens is 5. The molecule has 110 valence electrons. The molecule has 0 saturated heterocycles. The average molecular weight is 294 g/mol. The summed E-state index contributed by atoms with van der Waals surface area (Å²) in [5.74, 6) is -0.145. The van der Waals surface area contributed by atoms with Crippen LogP contribution < -0.4 is 5.32 Å². The third-order valence-corrected chi connectivity index (χ3v) is 3.94. The molecule has 7 heteroatoms. The van der Waals surface area contributed by atoms with Gasteiger partial charge >= 0.3 is 0 Å². The Balaban J connectivity index is 1.51. The molecule has 0 spiro atoms. The van der Waals surface area contributed by atoms with Crippen molar-refractivity contribution in [1.82, 2.24) is 30.5 Å². The highest BCUT2D eigenvalue weighted by Gasteiger charge is 2.16. The smallest absolute Gasteiger partial charge is 0.289 e. The standard InChI is InChI=1S/C15H14N6O/c22-15(14-17-7-13-12(20-14)8-19-21-13)18-6-10-5-16-4-9-2-1-3-11(9)10/h4-5,7-8H,1-3,6H2,(H,18,22)(H,19,21). The largest absolute Gasteiger partial charge is 0.345 e. The van der Waals surface area contributed by atoms with Crippen molar-refractivity contribution in [2.45, 2.75) is 25.8 Å². The van der Waals surface area contributed by atoms with Gasteiger partial charge in [-0.25, -0.2) is 9.97 Å². The predicted octanol–water partition coefficient (Wildman–Crippen LogP) is 1.17. The van der Waals surface area contributed by atoms with Crippen LogP contribution in [0, 0.1) is 0 Å². The highest BCUT2D eigenvalue weighted by atomic mass is 16.2. The number of H-pyrrole nitrogens is 1. The normalized spacial score (nSPS) is 13.3. The molecule has 4 rings (SSSR count). The number of carbonyl (C=O) groups is 1. The Morgan fingerprint density at radius 3 is 3.14 bits per heavy atom. The number of rotatable bonds is 3. The van der Waals surface area contributed by atoms with Gasteiger partial charge in [-0.1, -0.05) is 0 Å². The van der Waals surface area contributed by atoms with Gasteiger partial charge in [0.2, 0.25) is 5.82 Å². The van der Waals surface area contributed by atoms with E-state index < -0.39 is 0 Å². The third-order valence-electron chi connectivity index (χ3n) is 3.94. The van der Waals surface area contributed by atoms with Gasteiger partial charge in [-0.2, -0.15) is 5.10 Å². The van der Waals surface area contributed by atoms with Crippen molar-refractivity contribution in [3.05, 3.63) is 47.3 Å². The summed E-state index contributed by atoms with van der Waals surface area (Å²) in [7, 11) is 0. The maximum Gasteiger partial charge on any atom is 0.289 e. The van der Waals surface area contributed by atoms with E-state index >= 15 is 0 Å². The second-order valence-corrected chi connectivity index (χ2v) is 5.34. The molecule has 0 radical (unpaired) electrons. The van der Waals surface area contributed by atoms with Crippen LogP contribution >= 0.6 is 0 Å². The molecule has 0 unspecified atom stereocenters. The van der Waals surface area contributed by atoms with Crippen LogP contribution in [0.15, 0.2) is 24.8 Å². The summed E-state index contributed by atoms with van der Waals surface area (Å²) < 4.78 is 0. The van der Waals surface area contributed by atoms with E-state index in [-0.39, 0.29) is 11.7 Å². The molecule has 1 amide bonds. The fourth-order valence-corrected chi connectivity index (χ4v) is 2.83. The number of pyridine rings is 1. The van der Waals surface area contributed by atoms with Gasteiger partial charge in [0, 0.05) is 18.9 Å². The number of aryl methyl sites for hydroxylation is 1. The van der Waals surface area contributed by atoms with Gasteiger partial charge < -0.3 is 5.32 Å². The van der Waals surface area contributed by atoms with Gasteiger partial charge in [0.05, 0.1) is 12.4 Å². The lowest BCUT2D eigenvalue weighted by Gasteiger charge is -2.08. The van der Waals surface area contributed by atoms with E-state index in [0.717, 1.165) is 24.8 Å². The molecular formula is C15H14N6O.